The molecule has 0 spiro atoms. The molecule has 0 saturated carbocycles. The van der Waals surface area contributed by atoms with Gasteiger partial charge >= 0.3 is 0 Å². The van der Waals surface area contributed by atoms with Gasteiger partial charge in [0.15, 0.2) is 6.61 Å². The van der Waals surface area contributed by atoms with Gasteiger partial charge in [-0.15, -0.1) is 0 Å². The molecule has 0 aliphatic heterocycles. The molecule has 2 N–H and O–H groups in total. The fourth-order valence-electron chi connectivity index (χ4n) is 2.51. The second-order valence-electron chi connectivity index (χ2n) is 5.88. The van der Waals surface area contributed by atoms with Crippen LogP contribution >= 0.6 is 0 Å². The van der Waals surface area contributed by atoms with Crippen molar-refractivity contribution in [2.75, 3.05) is 24.4 Å². The number of ether oxygens (including phenoxy) is 2. The Kier molecular flexibility index (Phi) is 6.11. The summed E-state index contributed by atoms with van der Waals surface area (Å²) in [4.78, 5) is 12.0. The van der Waals surface area contributed by atoms with Gasteiger partial charge in [-0.2, -0.15) is 5.26 Å². The van der Waals surface area contributed by atoms with Gasteiger partial charge in [-0.3, -0.25) is 4.79 Å². The maximum absolute atomic E-state index is 12.0. The average Bonchev–Trinajstić information content (AvgIpc) is 2.74. The molecule has 0 heterocycles. The number of nitriles is 1. The SMILES string of the molecule is COc1ccccc1Nc1ccc(NC(=O)COc2ccc(C#N)cc2)cc1. The van der Waals surface area contributed by atoms with Crippen molar-refractivity contribution in [3.63, 3.8) is 0 Å². The van der Waals surface area contributed by atoms with Gasteiger partial charge in [-0.05, 0) is 60.7 Å². The van der Waals surface area contributed by atoms with Gasteiger partial charge in [-0.25, -0.2) is 0 Å². The van der Waals surface area contributed by atoms with Crippen molar-refractivity contribution in [3.8, 4) is 17.6 Å². The minimum absolute atomic E-state index is 0.118. The molecule has 6 nitrogen and oxygen atoms in total. The van der Waals surface area contributed by atoms with Gasteiger partial charge in [0.1, 0.15) is 11.5 Å². The van der Waals surface area contributed by atoms with Crippen molar-refractivity contribution in [1.82, 2.24) is 0 Å². The first-order valence-corrected chi connectivity index (χ1v) is 8.61. The van der Waals surface area contributed by atoms with Crippen LogP contribution in [0.5, 0.6) is 11.5 Å². The molecule has 0 saturated heterocycles. The van der Waals surface area contributed by atoms with E-state index in [0.29, 0.717) is 17.0 Å². The van der Waals surface area contributed by atoms with E-state index in [9.17, 15) is 4.79 Å². The molecule has 3 aromatic rings. The lowest BCUT2D eigenvalue weighted by Crippen LogP contribution is -2.20. The fraction of sp³-hybridized carbons (Fsp3) is 0.0909. The van der Waals surface area contributed by atoms with Gasteiger partial charge in [-0.1, -0.05) is 12.1 Å². The standard InChI is InChI=1S/C22H19N3O3/c1-27-21-5-3-2-4-20(21)24-17-8-10-18(11-9-17)25-22(26)15-28-19-12-6-16(14-23)7-13-19/h2-13,24H,15H2,1H3,(H,25,26). The van der Waals surface area contributed by atoms with E-state index in [1.807, 2.05) is 42.5 Å². The second kappa shape index (κ2) is 9.10. The highest BCUT2D eigenvalue weighted by atomic mass is 16.5. The molecule has 1 amide bonds. The number of para-hydroxylation sites is 2. The third-order valence-corrected chi connectivity index (χ3v) is 3.91. The third kappa shape index (κ3) is 5.02. The lowest BCUT2D eigenvalue weighted by molar-refractivity contribution is -0.118. The Labute approximate surface area is 163 Å². The lowest BCUT2D eigenvalue weighted by atomic mass is 10.2. The Hall–Kier alpha value is -3.98. The summed E-state index contributed by atoms with van der Waals surface area (Å²) in [5.41, 5.74) is 2.94. The van der Waals surface area contributed by atoms with E-state index < -0.39 is 0 Å². The quantitative estimate of drug-likeness (QED) is 0.644. The first kappa shape index (κ1) is 18.8. The summed E-state index contributed by atoms with van der Waals surface area (Å²) in [6.45, 7) is -0.118. The molecule has 0 bridgehead atoms. The first-order chi connectivity index (χ1) is 13.7. The highest BCUT2D eigenvalue weighted by Crippen LogP contribution is 2.27. The summed E-state index contributed by atoms with van der Waals surface area (Å²) in [6.07, 6.45) is 0. The van der Waals surface area contributed by atoms with Crippen LogP contribution in [0.15, 0.2) is 72.8 Å². The molecule has 28 heavy (non-hydrogen) atoms. The number of benzene rings is 3. The van der Waals surface area contributed by atoms with Crippen LogP contribution in [0.1, 0.15) is 5.56 Å². The minimum atomic E-state index is -0.269. The number of carbonyl (C=O) groups excluding carboxylic acids is 1. The largest absolute Gasteiger partial charge is 0.495 e. The van der Waals surface area contributed by atoms with Crippen molar-refractivity contribution in [2.24, 2.45) is 0 Å². The molecule has 3 rings (SSSR count). The smallest absolute Gasteiger partial charge is 0.262 e. The molecule has 0 unspecified atom stereocenters. The number of carbonyl (C=O) groups is 1. The molecule has 0 fully saturated rings. The molecular formula is C22H19N3O3. The Bertz CT molecular complexity index is 977. The Balaban J connectivity index is 1.53. The number of methoxy groups -OCH3 is 1. The zero-order chi connectivity index (χ0) is 19.8. The van der Waals surface area contributed by atoms with Crippen LogP contribution in [0.4, 0.5) is 17.1 Å². The van der Waals surface area contributed by atoms with Crippen LogP contribution < -0.4 is 20.1 Å². The summed E-state index contributed by atoms with van der Waals surface area (Å²) in [7, 11) is 1.62. The maximum atomic E-state index is 12.0. The van der Waals surface area contributed by atoms with Crippen LogP contribution in [0.25, 0.3) is 0 Å². The summed E-state index contributed by atoms with van der Waals surface area (Å²) >= 11 is 0. The normalized spacial score (nSPS) is 9.86. The second-order valence-corrected chi connectivity index (χ2v) is 5.88. The fourth-order valence-corrected chi connectivity index (χ4v) is 2.51. The monoisotopic (exact) mass is 373 g/mol. The number of nitrogens with zero attached hydrogens (tertiary/aromatic N) is 1. The molecule has 0 aromatic heterocycles. The van der Waals surface area contributed by atoms with E-state index in [1.54, 1.807) is 43.5 Å². The Morgan fingerprint density at radius 1 is 0.964 bits per heavy atom. The van der Waals surface area contributed by atoms with E-state index >= 15 is 0 Å². The molecule has 6 heteroatoms. The Morgan fingerprint density at radius 3 is 2.32 bits per heavy atom. The number of hydrogen-bond acceptors (Lipinski definition) is 5. The molecule has 0 atom stereocenters. The molecule has 0 radical (unpaired) electrons. The van der Waals surface area contributed by atoms with Crippen LogP contribution in [-0.2, 0) is 4.79 Å². The van der Waals surface area contributed by atoms with E-state index in [-0.39, 0.29) is 12.5 Å². The predicted octanol–water partition coefficient (Wildman–Crippen LogP) is 4.33. The summed E-state index contributed by atoms with van der Waals surface area (Å²) < 4.78 is 10.7. The topological polar surface area (TPSA) is 83.4 Å². The molecule has 0 aliphatic rings. The van der Waals surface area contributed by atoms with Gasteiger partial charge in [0.2, 0.25) is 0 Å². The average molecular weight is 373 g/mol. The van der Waals surface area contributed by atoms with Crippen LogP contribution in [0.3, 0.4) is 0 Å². The number of rotatable bonds is 7. The highest BCUT2D eigenvalue weighted by Gasteiger charge is 2.05. The lowest BCUT2D eigenvalue weighted by Gasteiger charge is -2.12. The summed E-state index contributed by atoms with van der Waals surface area (Å²) in [5.74, 6) is 1.01. The van der Waals surface area contributed by atoms with Crippen LogP contribution in [0, 0.1) is 11.3 Å². The van der Waals surface area contributed by atoms with Gasteiger partial charge in [0.25, 0.3) is 5.91 Å². The number of anilines is 3. The predicted molar refractivity (Wildman–Crippen MR) is 108 cm³/mol. The molecular weight excluding hydrogens is 354 g/mol. The van der Waals surface area contributed by atoms with E-state index in [0.717, 1.165) is 17.1 Å². The van der Waals surface area contributed by atoms with Gasteiger partial charge in [0.05, 0.1) is 24.4 Å². The third-order valence-electron chi connectivity index (χ3n) is 3.91. The molecule has 0 aliphatic carbocycles. The number of amides is 1. The van der Waals surface area contributed by atoms with Gasteiger partial charge in [0, 0.05) is 11.4 Å². The van der Waals surface area contributed by atoms with Gasteiger partial charge < -0.3 is 20.1 Å². The van der Waals surface area contributed by atoms with E-state index in [1.165, 1.54) is 0 Å². The van der Waals surface area contributed by atoms with Crippen molar-refractivity contribution >= 4 is 23.0 Å². The van der Waals surface area contributed by atoms with E-state index in [4.69, 9.17) is 14.7 Å². The summed E-state index contributed by atoms with van der Waals surface area (Å²) in [5, 5.41) is 14.8. The first-order valence-electron chi connectivity index (χ1n) is 8.61. The number of nitrogens with one attached hydrogen (secondary N) is 2. The zero-order valence-corrected chi connectivity index (χ0v) is 15.3. The molecule has 140 valence electrons. The van der Waals surface area contributed by atoms with Crippen molar-refractivity contribution in [3.05, 3.63) is 78.4 Å². The van der Waals surface area contributed by atoms with Crippen molar-refractivity contribution in [2.45, 2.75) is 0 Å². The van der Waals surface area contributed by atoms with Crippen molar-refractivity contribution < 1.29 is 14.3 Å². The van der Waals surface area contributed by atoms with Crippen molar-refractivity contribution in [1.29, 1.82) is 5.26 Å². The minimum Gasteiger partial charge on any atom is -0.495 e. The molecule has 3 aromatic carbocycles. The Morgan fingerprint density at radius 2 is 1.64 bits per heavy atom. The maximum Gasteiger partial charge on any atom is 0.262 e. The van der Waals surface area contributed by atoms with E-state index in [2.05, 4.69) is 10.6 Å². The highest BCUT2D eigenvalue weighted by molar-refractivity contribution is 5.92. The zero-order valence-electron chi connectivity index (χ0n) is 15.3. The van der Waals surface area contributed by atoms with Crippen LogP contribution in [0.2, 0.25) is 0 Å². The summed E-state index contributed by atoms with van der Waals surface area (Å²) in [6, 6.07) is 23.6. The van der Waals surface area contributed by atoms with Crippen LogP contribution in [-0.4, -0.2) is 19.6 Å². The number of hydrogen-bond donors (Lipinski definition) is 2.